The van der Waals surface area contributed by atoms with E-state index >= 15 is 0 Å². The minimum atomic E-state index is -4.62. The van der Waals surface area contributed by atoms with Gasteiger partial charge < -0.3 is 4.90 Å². The van der Waals surface area contributed by atoms with Crippen LogP contribution in [0.15, 0.2) is 29.4 Å². The Morgan fingerprint density at radius 3 is 2.32 bits per heavy atom. The molecule has 1 fully saturated rings. The maximum Gasteiger partial charge on any atom is 0.453 e. The van der Waals surface area contributed by atoms with Crippen LogP contribution in [0.25, 0.3) is 0 Å². The van der Waals surface area contributed by atoms with Crippen LogP contribution in [0.4, 0.5) is 18.9 Å². The van der Waals surface area contributed by atoms with Crippen LogP contribution in [0.2, 0.25) is 0 Å². The molecule has 0 saturated carbocycles. The first-order valence-corrected chi connectivity index (χ1v) is 8.50. The van der Waals surface area contributed by atoms with Gasteiger partial charge in [0.15, 0.2) is 0 Å². The molecule has 134 valence electrons. The van der Waals surface area contributed by atoms with E-state index in [0.717, 1.165) is 18.8 Å². The number of hydrogen-bond donors (Lipinski definition) is 1. The summed E-state index contributed by atoms with van der Waals surface area (Å²) in [5, 5.41) is 9.12. The fourth-order valence-corrected chi connectivity index (χ4v) is 2.99. The third-order valence-electron chi connectivity index (χ3n) is 4.09. The van der Waals surface area contributed by atoms with Crippen molar-refractivity contribution in [2.24, 2.45) is 5.10 Å². The summed E-state index contributed by atoms with van der Waals surface area (Å²) in [7, 11) is 0. The summed E-state index contributed by atoms with van der Waals surface area (Å²) >= 11 is 4.80. The number of aromatic nitrogens is 3. The van der Waals surface area contributed by atoms with Crippen LogP contribution < -0.4 is 4.90 Å². The molecule has 2 heterocycles. The van der Waals surface area contributed by atoms with Gasteiger partial charge >= 0.3 is 6.18 Å². The molecule has 0 unspecified atom stereocenters. The van der Waals surface area contributed by atoms with E-state index in [1.807, 2.05) is 24.3 Å². The average Bonchev–Trinajstić information content (AvgIpc) is 2.79. The largest absolute Gasteiger partial charge is 0.453 e. The molecule has 2 aromatic rings. The molecule has 3 rings (SSSR count). The standard InChI is InChI=1S/C16H18F3N5S/c17-16(18,19)14-21-22-15(25)24(14)20-11-12-5-7-13(8-6-12)23-9-3-1-2-4-10-23/h5-8,11H,1-4,9-10H2,(H,22,25)/b20-11-. The summed E-state index contributed by atoms with van der Waals surface area (Å²) in [5.74, 6) is -1.17. The Hall–Kier alpha value is -2.16. The lowest BCUT2D eigenvalue weighted by molar-refractivity contribution is -0.147. The number of rotatable bonds is 3. The van der Waals surface area contributed by atoms with E-state index < -0.39 is 12.0 Å². The van der Waals surface area contributed by atoms with E-state index in [4.69, 9.17) is 12.2 Å². The van der Waals surface area contributed by atoms with Crippen LogP contribution in [0.3, 0.4) is 0 Å². The molecule has 1 aromatic heterocycles. The Labute approximate surface area is 148 Å². The summed E-state index contributed by atoms with van der Waals surface area (Å²) in [5.41, 5.74) is 1.81. The van der Waals surface area contributed by atoms with Crippen molar-refractivity contribution in [2.75, 3.05) is 18.0 Å². The topological polar surface area (TPSA) is 49.2 Å². The van der Waals surface area contributed by atoms with Crippen molar-refractivity contribution < 1.29 is 13.2 Å². The number of anilines is 1. The lowest BCUT2D eigenvalue weighted by Crippen LogP contribution is -2.23. The summed E-state index contributed by atoms with van der Waals surface area (Å²) in [6, 6.07) is 7.60. The molecular weight excluding hydrogens is 351 g/mol. The number of alkyl halides is 3. The highest BCUT2D eigenvalue weighted by Crippen LogP contribution is 2.27. The number of H-pyrrole nitrogens is 1. The highest BCUT2D eigenvalue weighted by molar-refractivity contribution is 7.71. The van der Waals surface area contributed by atoms with Gasteiger partial charge in [-0.1, -0.05) is 25.0 Å². The molecule has 1 aliphatic rings. The van der Waals surface area contributed by atoms with Gasteiger partial charge in [-0.05, 0) is 42.8 Å². The van der Waals surface area contributed by atoms with E-state index in [1.165, 1.54) is 31.9 Å². The smallest absolute Gasteiger partial charge is 0.372 e. The monoisotopic (exact) mass is 369 g/mol. The maximum atomic E-state index is 12.9. The van der Waals surface area contributed by atoms with Gasteiger partial charge in [-0.2, -0.15) is 22.9 Å². The molecule has 0 atom stereocenters. The number of hydrogen-bond acceptors (Lipinski definition) is 4. The molecule has 25 heavy (non-hydrogen) atoms. The fraction of sp³-hybridized carbons (Fsp3) is 0.438. The predicted octanol–water partition coefficient (Wildman–Crippen LogP) is 4.22. The summed E-state index contributed by atoms with van der Waals surface area (Å²) in [6.07, 6.45) is 1.60. The van der Waals surface area contributed by atoms with Crippen LogP contribution in [0.5, 0.6) is 0 Å². The Morgan fingerprint density at radius 1 is 1.08 bits per heavy atom. The van der Waals surface area contributed by atoms with Gasteiger partial charge in [-0.15, -0.1) is 5.10 Å². The van der Waals surface area contributed by atoms with Gasteiger partial charge in [0.05, 0.1) is 6.21 Å². The van der Waals surface area contributed by atoms with Gasteiger partial charge in [0.25, 0.3) is 5.82 Å². The van der Waals surface area contributed by atoms with E-state index in [-0.39, 0.29) is 4.77 Å². The van der Waals surface area contributed by atoms with Crippen molar-refractivity contribution in [1.82, 2.24) is 14.9 Å². The van der Waals surface area contributed by atoms with Crippen LogP contribution in [0, 0.1) is 4.77 Å². The van der Waals surface area contributed by atoms with Gasteiger partial charge in [-0.25, -0.2) is 5.10 Å². The molecule has 1 aromatic carbocycles. The quantitative estimate of drug-likeness (QED) is 0.651. The molecule has 0 radical (unpaired) electrons. The highest BCUT2D eigenvalue weighted by Gasteiger charge is 2.37. The average molecular weight is 369 g/mol. The van der Waals surface area contributed by atoms with Crippen LogP contribution in [-0.4, -0.2) is 34.2 Å². The molecule has 1 N–H and O–H groups in total. The van der Waals surface area contributed by atoms with Crippen molar-refractivity contribution in [3.63, 3.8) is 0 Å². The third-order valence-corrected chi connectivity index (χ3v) is 4.35. The van der Waals surface area contributed by atoms with Crippen LogP contribution >= 0.6 is 12.2 Å². The minimum absolute atomic E-state index is 0.204. The van der Waals surface area contributed by atoms with E-state index in [2.05, 4.69) is 20.2 Å². The molecule has 1 aliphatic heterocycles. The van der Waals surface area contributed by atoms with Crippen molar-refractivity contribution in [2.45, 2.75) is 31.9 Å². The zero-order chi connectivity index (χ0) is 17.9. The van der Waals surface area contributed by atoms with E-state index in [1.54, 1.807) is 0 Å². The summed E-state index contributed by atoms with van der Waals surface area (Å²) < 4.78 is 38.9. The first-order valence-electron chi connectivity index (χ1n) is 8.09. The second-order valence-electron chi connectivity index (χ2n) is 5.90. The lowest BCUT2D eigenvalue weighted by Gasteiger charge is -2.22. The molecule has 5 nitrogen and oxygen atoms in total. The molecule has 0 aliphatic carbocycles. The maximum absolute atomic E-state index is 12.9. The fourth-order valence-electron chi connectivity index (χ4n) is 2.81. The molecule has 0 amide bonds. The van der Waals surface area contributed by atoms with E-state index in [9.17, 15) is 13.2 Å². The van der Waals surface area contributed by atoms with Crippen molar-refractivity contribution in [3.05, 3.63) is 40.4 Å². The van der Waals surface area contributed by atoms with Gasteiger partial charge in [0.1, 0.15) is 0 Å². The first-order chi connectivity index (χ1) is 11.9. The zero-order valence-corrected chi connectivity index (χ0v) is 14.3. The third kappa shape index (κ3) is 4.28. The van der Waals surface area contributed by atoms with Crippen LogP contribution in [-0.2, 0) is 6.18 Å². The first kappa shape index (κ1) is 17.7. The second-order valence-corrected chi connectivity index (χ2v) is 6.29. The lowest BCUT2D eigenvalue weighted by atomic mass is 10.2. The van der Waals surface area contributed by atoms with Gasteiger partial charge in [0, 0.05) is 18.8 Å². The number of nitrogens with zero attached hydrogens (tertiary/aromatic N) is 4. The Bertz CT molecular complexity index is 783. The SMILES string of the molecule is FC(F)(F)c1n[nH]c(=S)n1/N=C\c1ccc(N2CCCCCC2)cc1. The molecule has 9 heteroatoms. The number of benzene rings is 1. The van der Waals surface area contributed by atoms with Crippen molar-refractivity contribution in [3.8, 4) is 0 Å². The molecular formula is C16H18F3N5S. The Balaban J connectivity index is 1.77. The number of nitrogens with one attached hydrogen (secondary N) is 1. The van der Waals surface area contributed by atoms with Gasteiger partial charge in [0.2, 0.25) is 4.77 Å². The Morgan fingerprint density at radius 2 is 1.72 bits per heavy atom. The summed E-state index contributed by atoms with van der Waals surface area (Å²) in [6.45, 7) is 2.07. The second kappa shape index (κ2) is 7.38. The zero-order valence-electron chi connectivity index (χ0n) is 13.5. The van der Waals surface area contributed by atoms with Crippen molar-refractivity contribution in [1.29, 1.82) is 0 Å². The summed E-state index contributed by atoms with van der Waals surface area (Å²) in [4.78, 5) is 2.34. The van der Waals surface area contributed by atoms with Crippen molar-refractivity contribution >= 4 is 24.1 Å². The molecule has 1 saturated heterocycles. The normalized spacial score (nSPS) is 16.4. The highest BCUT2D eigenvalue weighted by atomic mass is 32.1. The van der Waals surface area contributed by atoms with Gasteiger partial charge in [-0.3, -0.25) is 0 Å². The van der Waals surface area contributed by atoms with E-state index in [0.29, 0.717) is 10.2 Å². The predicted molar refractivity (Wildman–Crippen MR) is 92.5 cm³/mol. The Kier molecular flexibility index (Phi) is 5.22. The molecule has 0 bridgehead atoms. The number of aromatic amines is 1. The van der Waals surface area contributed by atoms with Crippen LogP contribution in [0.1, 0.15) is 37.1 Å². The number of halogens is 3. The molecule has 0 spiro atoms. The minimum Gasteiger partial charge on any atom is -0.372 e.